The zero-order valence-corrected chi connectivity index (χ0v) is 15.8. The predicted molar refractivity (Wildman–Crippen MR) is 106 cm³/mol. The van der Waals surface area contributed by atoms with Crippen LogP contribution in [0.4, 0.5) is 5.69 Å². The van der Waals surface area contributed by atoms with Crippen molar-refractivity contribution >= 4 is 23.0 Å². The Morgan fingerprint density at radius 2 is 1.67 bits per heavy atom. The van der Waals surface area contributed by atoms with E-state index >= 15 is 0 Å². The number of methoxy groups -OCH3 is 1. The molecule has 4 heteroatoms. The summed E-state index contributed by atoms with van der Waals surface area (Å²) in [6.45, 7) is 8.75. The molecule has 2 rings (SSSR count). The van der Waals surface area contributed by atoms with Gasteiger partial charge in [-0.3, -0.25) is 0 Å². The molecule has 24 heavy (non-hydrogen) atoms. The molecule has 0 heterocycles. The van der Waals surface area contributed by atoms with Crippen molar-refractivity contribution in [3.63, 3.8) is 0 Å². The highest BCUT2D eigenvalue weighted by Crippen LogP contribution is 2.25. The molecular weight excluding hydrogens is 316 g/mol. The molecule has 1 unspecified atom stereocenters. The van der Waals surface area contributed by atoms with Crippen molar-refractivity contribution in [2.45, 2.75) is 39.2 Å². The molecule has 0 saturated heterocycles. The second kappa shape index (κ2) is 7.67. The summed E-state index contributed by atoms with van der Waals surface area (Å²) in [5, 5.41) is 7.09. The molecule has 2 aromatic rings. The van der Waals surface area contributed by atoms with Gasteiger partial charge < -0.3 is 15.4 Å². The molecule has 3 nitrogen and oxygen atoms in total. The van der Waals surface area contributed by atoms with Gasteiger partial charge in [0.15, 0.2) is 5.11 Å². The number of anilines is 1. The average Bonchev–Trinajstić information content (AvgIpc) is 2.54. The highest BCUT2D eigenvalue weighted by molar-refractivity contribution is 7.80. The minimum atomic E-state index is 0.119. The number of thiocarbonyl (C=S) groups is 1. The van der Waals surface area contributed by atoms with Crippen molar-refractivity contribution in [3.8, 4) is 5.75 Å². The van der Waals surface area contributed by atoms with E-state index < -0.39 is 0 Å². The Morgan fingerprint density at radius 1 is 1.04 bits per heavy atom. The maximum Gasteiger partial charge on any atom is 0.171 e. The molecule has 0 aliphatic carbocycles. The van der Waals surface area contributed by atoms with Crippen molar-refractivity contribution < 1.29 is 4.74 Å². The van der Waals surface area contributed by atoms with Gasteiger partial charge >= 0.3 is 0 Å². The van der Waals surface area contributed by atoms with Crippen LogP contribution in [-0.2, 0) is 5.41 Å². The van der Waals surface area contributed by atoms with E-state index in [1.165, 1.54) is 11.1 Å². The molecule has 0 aliphatic rings. The maximum atomic E-state index is 5.43. The summed E-state index contributed by atoms with van der Waals surface area (Å²) in [6, 6.07) is 16.5. The summed E-state index contributed by atoms with van der Waals surface area (Å²) in [5.74, 6) is 0.767. The van der Waals surface area contributed by atoms with E-state index in [4.69, 9.17) is 17.0 Å². The standard InChI is InChI=1S/C20H26N2OS/c1-14(15-10-12-16(13-11-15)20(2,3)4)21-19(24)22-17-8-6-7-9-18(17)23-5/h6-14H,1-5H3,(H2,21,22,24). The number of nitrogens with one attached hydrogen (secondary N) is 2. The summed E-state index contributed by atoms with van der Waals surface area (Å²) in [7, 11) is 1.65. The van der Waals surface area contributed by atoms with Crippen LogP contribution in [0.3, 0.4) is 0 Å². The molecule has 2 N–H and O–H groups in total. The van der Waals surface area contributed by atoms with Crippen LogP contribution in [0.25, 0.3) is 0 Å². The highest BCUT2D eigenvalue weighted by atomic mass is 32.1. The predicted octanol–water partition coefficient (Wildman–Crippen LogP) is 5.04. The monoisotopic (exact) mass is 342 g/mol. The largest absolute Gasteiger partial charge is 0.495 e. The lowest BCUT2D eigenvalue weighted by molar-refractivity contribution is 0.417. The van der Waals surface area contributed by atoms with E-state index in [1.807, 2.05) is 24.3 Å². The SMILES string of the molecule is COc1ccccc1NC(=S)NC(C)c1ccc(C(C)(C)C)cc1. The summed E-state index contributed by atoms with van der Waals surface area (Å²) < 4.78 is 5.33. The lowest BCUT2D eigenvalue weighted by atomic mass is 9.86. The fourth-order valence-electron chi connectivity index (χ4n) is 2.46. The van der Waals surface area contributed by atoms with Crippen molar-refractivity contribution in [1.82, 2.24) is 5.32 Å². The third-order valence-corrected chi connectivity index (χ3v) is 4.20. The van der Waals surface area contributed by atoms with Crippen LogP contribution >= 0.6 is 12.2 Å². The van der Waals surface area contributed by atoms with Crippen LogP contribution < -0.4 is 15.4 Å². The van der Waals surface area contributed by atoms with E-state index in [0.29, 0.717) is 5.11 Å². The van der Waals surface area contributed by atoms with Gasteiger partial charge in [-0.2, -0.15) is 0 Å². The number of rotatable bonds is 4. The maximum absolute atomic E-state index is 5.43. The van der Waals surface area contributed by atoms with Crippen LogP contribution in [-0.4, -0.2) is 12.2 Å². The Kier molecular flexibility index (Phi) is 5.84. The first-order valence-electron chi connectivity index (χ1n) is 8.12. The van der Waals surface area contributed by atoms with E-state index in [1.54, 1.807) is 7.11 Å². The Balaban J connectivity index is 2.01. The quantitative estimate of drug-likeness (QED) is 0.763. The van der Waals surface area contributed by atoms with Gasteiger partial charge in [-0.15, -0.1) is 0 Å². The molecule has 0 spiro atoms. The van der Waals surface area contributed by atoms with Crippen molar-refractivity contribution in [1.29, 1.82) is 0 Å². The van der Waals surface area contributed by atoms with Gasteiger partial charge in [0.1, 0.15) is 5.75 Å². The first-order valence-corrected chi connectivity index (χ1v) is 8.53. The zero-order chi connectivity index (χ0) is 17.7. The molecule has 0 radical (unpaired) electrons. The average molecular weight is 343 g/mol. The summed E-state index contributed by atoms with van der Waals surface area (Å²) in [6.07, 6.45) is 0. The molecule has 128 valence electrons. The smallest absolute Gasteiger partial charge is 0.171 e. The van der Waals surface area contributed by atoms with Gasteiger partial charge in [0.05, 0.1) is 18.8 Å². The summed E-state index contributed by atoms with van der Waals surface area (Å²) >= 11 is 5.43. The van der Waals surface area contributed by atoms with Crippen molar-refractivity contribution in [2.24, 2.45) is 0 Å². The molecular formula is C20H26N2OS. The second-order valence-electron chi connectivity index (χ2n) is 6.89. The normalized spacial score (nSPS) is 12.4. The number of benzene rings is 2. The number of para-hydroxylation sites is 2. The fraction of sp³-hybridized carbons (Fsp3) is 0.350. The van der Waals surface area contributed by atoms with E-state index in [2.05, 4.69) is 62.6 Å². The third kappa shape index (κ3) is 4.71. The second-order valence-corrected chi connectivity index (χ2v) is 7.30. The van der Waals surface area contributed by atoms with Gasteiger partial charge in [0.25, 0.3) is 0 Å². The molecule has 0 saturated carbocycles. The molecule has 0 aliphatic heterocycles. The molecule has 0 bridgehead atoms. The summed E-state index contributed by atoms with van der Waals surface area (Å²) in [4.78, 5) is 0. The summed E-state index contributed by atoms with van der Waals surface area (Å²) in [5.41, 5.74) is 3.55. The van der Waals surface area contributed by atoms with Crippen LogP contribution in [0, 0.1) is 0 Å². The molecule has 0 amide bonds. The van der Waals surface area contributed by atoms with Gasteiger partial charge in [-0.05, 0) is 47.8 Å². The van der Waals surface area contributed by atoms with Gasteiger partial charge in [-0.25, -0.2) is 0 Å². The van der Waals surface area contributed by atoms with Crippen molar-refractivity contribution in [3.05, 3.63) is 59.7 Å². The van der Waals surface area contributed by atoms with E-state index in [-0.39, 0.29) is 11.5 Å². The van der Waals surface area contributed by atoms with Crippen LogP contribution in [0.2, 0.25) is 0 Å². The molecule has 0 aromatic heterocycles. The molecule has 2 aromatic carbocycles. The van der Waals surface area contributed by atoms with Gasteiger partial charge in [-0.1, -0.05) is 57.2 Å². The van der Waals surface area contributed by atoms with Crippen LogP contribution in [0.5, 0.6) is 5.75 Å². The lowest BCUT2D eigenvalue weighted by Crippen LogP contribution is -2.31. The Labute approximate surface area is 150 Å². The Morgan fingerprint density at radius 3 is 2.25 bits per heavy atom. The van der Waals surface area contributed by atoms with Gasteiger partial charge in [0.2, 0.25) is 0 Å². The van der Waals surface area contributed by atoms with Crippen LogP contribution in [0.15, 0.2) is 48.5 Å². The van der Waals surface area contributed by atoms with E-state index in [0.717, 1.165) is 11.4 Å². The van der Waals surface area contributed by atoms with Crippen molar-refractivity contribution in [2.75, 3.05) is 12.4 Å². The van der Waals surface area contributed by atoms with Crippen LogP contribution in [0.1, 0.15) is 44.9 Å². The first kappa shape index (κ1) is 18.3. The Hall–Kier alpha value is -2.07. The zero-order valence-electron chi connectivity index (χ0n) is 15.0. The molecule has 1 atom stereocenters. The minimum absolute atomic E-state index is 0.119. The number of ether oxygens (including phenoxy) is 1. The van der Waals surface area contributed by atoms with Gasteiger partial charge in [0, 0.05) is 0 Å². The van der Waals surface area contributed by atoms with E-state index in [9.17, 15) is 0 Å². The lowest BCUT2D eigenvalue weighted by Gasteiger charge is -2.21. The fourth-order valence-corrected chi connectivity index (χ4v) is 2.74. The number of hydrogen-bond acceptors (Lipinski definition) is 2. The highest BCUT2D eigenvalue weighted by Gasteiger charge is 2.14. The first-order chi connectivity index (χ1) is 11.3. The number of hydrogen-bond donors (Lipinski definition) is 2. The third-order valence-electron chi connectivity index (χ3n) is 3.98. The Bertz CT molecular complexity index is 690. The topological polar surface area (TPSA) is 33.3 Å². The molecule has 0 fully saturated rings. The minimum Gasteiger partial charge on any atom is -0.495 e.